The van der Waals surface area contributed by atoms with Crippen LogP contribution < -0.4 is 0 Å². The molecule has 25 heavy (non-hydrogen) atoms. The Morgan fingerprint density at radius 1 is 1.00 bits per heavy atom. The summed E-state index contributed by atoms with van der Waals surface area (Å²) in [4.78, 5) is 25.7. The van der Waals surface area contributed by atoms with Crippen LogP contribution in [0.15, 0.2) is 35.2 Å². The number of rotatable bonds is 2. The van der Waals surface area contributed by atoms with Crippen LogP contribution in [0.3, 0.4) is 0 Å². The summed E-state index contributed by atoms with van der Waals surface area (Å²) >= 11 is 0. The summed E-state index contributed by atoms with van der Waals surface area (Å²) in [5.41, 5.74) is -1.83. The van der Waals surface area contributed by atoms with Crippen molar-refractivity contribution in [2.24, 2.45) is 5.41 Å². The summed E-state index contributed by atoms with van der Waals surface area (Å²) in [6.07, 6.45) is -0.964. The molecule has 2 fully saturated rings. The third-order valence-electron chi connectivity index (χ3n) is 5.45. The molecular weight excluding hydrogens is 340 g/mol. The van der Waals surface area contributed by atoms with Gasteiger partial charge in [-0.3, -0.25) is 9.59 Å². The number of carbonyl (C=O) groups is 2. The first-order valence-electron chi connectivity index (χ1n) is 8.47. The molecular formula is C19H24O5S. The zero-order chi connectivity index (χ0) is 18.7. The lowest BCUT2D eigenvalue weighted by molar-refractivity contribution is -0.177. The monoisotopic (exact) mass is 364 g/mol. The number of hydrogen-bond donors (Lipinski definition) is 0. The predicted octanol–water partition coefficient (Wildman–Crippen LogP) is 2.72. The van der Waals surface area contributed by atoms with Crippen molar-refractivity contribution in [1.29, 1.82) is 0 Å². The van der Waals surface area contributed by atoms with E-state index in [0.29, 0.717) is 0 Å². The molecule has 1 aliphatic heterocycles. The van der Waals surface area contributed by atoms with Crippen molar-refractivity contribution in [3.63, 3.8) is 0 Å². The van der Waals surface area contributed by atoms with Gasteiger partial charge in [-0.15, -0.1) is 0 Å². The van der Waals surface area contributed by atoms with Crippen LogP contribution >= 0.6 is 0 Å². The molecule has 1 aliphatic carbocycles. The molecule has 5 nitrogen and oxygen atoms in total. The van der Waals surface area contributed by atoms with Gasteiger partial charge in [0.15, 0.2) is 20.4 Å². The van der Waals surface area contributed by atoms with Crippen molar-refractivity contribution in [3.05, 3.63) is 30.3 Å². The molecule has 2 atom stereocenters. The highest BCUT2D eigenvalue weighted by Crippen LogP contribution is 2.55. The molecule has 0 amide bonds. The molecule has 1 aromatic carbocycles. The molecule has 3 rings (SSSR count). The second-order valence-electron chi connectivity index (χ2n) is 8.32. The average Bonchev–Trinajstić information content (AvgIpc) is 2.44. The van der Waals surface area contributed by atoms with Gasteiger partial charge >= 0.3 is 0 Å². The van der Waals surface area contributed by atoms with Gasteiger partial charge < -0.3 is 4.74 Å². The molecule has 1 saturated carbocycles. The fraction of sp³-hybridized carbons (Fsp3) is 0.579. The Balaban J connectivity index is 2.30. The van der Waals surface area contributed by atoms with E-state index >= 15 is 0 Å². The Morgan fingerprint density at radius 3 is 2.20 bits per heavy atom. The lowest BCUT2D eigenvalue weighted by Crippen LogP contribution is -2.72. The van der Waals surface area contributed by atoms with Gasteiger partial charge in [-0.1, -0.05) is 32.0 Å². The molecule has 2 aliphatic rings. The van der Waals surface area contributed by atoms with Gasteiger partial charge in [0.2, 0.25) is 0 Å². The Morgan fingerprint density at radius 2 is 1.60 bits per heavy atom. The maximum absolute atomic E-state index is 13.7. The van der Waals surface area contributed by atoms with Crippen LogP contribution in [-0.2, 0) is 24.2 Å². The van der Waals surface area contributed by atoms with Crippen LogP contribution in [-0.4, -0.2) is 36.4 Å². The van der Waals surface area contributed by atoms with E-state index in [4.69, 9.17) is 4.74 Å². The van der Waals surface area contributed by atoms with Crippen molar-refractivity contribution in [2.75, 3.05) is 0 Å². The number of fused-ring (bicyclic) bond motifs is 1. The highest BCUT2D eigenvalue weighted by molar-refractivity contribution is 7.93. The highest BCUT2D eigenvalue weighted by atomic mass is 32.2. The lowest BCUT2D eigenvalue weighted by atomic mass is 9.62. The first-order chi connectivity index (χ1) is 11.4. The molecule has 0 N–H and O–H groups in total. The predicted molar refractivity (Wildman–Crippen MR) is 93.0 cm³/mol. The van der Waals surface area contributed by atoms with Crippen LogP contribution in [0.2, 0.25) is 0 Å². The molecule has 1 heterocycles. The van der Waals surface area contributed by atoms with E-state index in [2.05, 4.69) is 0 Å². The Labute approximate surface area is 148 Å². The van der Waals surface area contributed by atoms with E-state index in [1.165, 1.54) is 12.1 Å². The Hall–Kier alpha value is -1.53. The van der Waals surface area contributed by atoms with Gasteiger partial charge in [-0.2, -0.15) is 0 Å². The van der Waals surface area contributed by atoms with E-state index in [1.807, 2.05) is 0 Å². The minimum atomic E-state index is -4.04. The van der Waals surface area contributed by atoms with E-state index in [9.17, 15) is 18.0 Å². The number of hydrogen-bond acceptors (Lipinski definition) is 5. The minimum absolute atomic E-state index is 0.00713. The fourth-order valence-electron chi connectivity index (χ4n) is 4.58. The van der Waals surface area contributed by atoms with E-state index in [0.717, 1.165) is 0 Å². The topological polar surface area (TPSA) is 77.5 Å². The van der Waals surface area contributed by atoms with Crippen molar-refractivity contribution in [1.82, 2.24) is 0 Å². The van der Waals surface area contributed by atoms with Crippen LogP contribution in [0, 0.1) is 5.41 Å². The first kappa shape index (κ1) is 18.3. The van der Waals surface area contributed by atoms with E-state index in [-0.39, 0.29) is 35.7 Å². The average molecular weight is 364 g/mol. The van der Waals surface area contributed by atoms with Gasteiger partial charge in [0.05, 0.1) is 16.6 Å². The summed E-state index contributed by atoms with van der Waals surface area (Å²) in [6.45, 7) is 6.90. The van der Waals surface area contributed by atoms with Gasteiger partial charge in [0, 0.05) is 24.7 Å². The van der Waals surface area contributed by atoms with Crippen LogP contribution in [0.1, 0.15) is 47.0 Å². The normalized spacial score (nSPS) is 31.4. The molecule has 1 unspecified atom stereocenters. The van der Waals surface area contributed by atoms with Crippen molar-refractivity contribution < 1.29 is 22.7 Å². The summed E-state index contributed by atoms with van der Waals surface area (Å²) in [6, 6.07) is 8.00. The molecule has 1 aromatic rings. The van der Waals surface area contributed by atoms with Gasteiger partial charge in [0.1, 0.15) is 5.78 Å². The third-order valence-corrected chi connectivity index (χ3v) is 8.23. The van der Waals surface area contributed by atoms with Gasteiger partial charge in [-0.05, 0) is 26.0 Å². The minimum Gasteiger partial charge on any atom is -0.369 e. The quantitative estimate of drug-likeness (QED) is 0.806. The van der Waals surface area contributed by atoms with Crippen molar-refractivity contribution in [2.45, 2.75) is 68.3 Å². The summed E-state index contributed by atoms with van der Waals surface area (Å²) in [7, 11) is -4.04. The fourth-order valence-corrected chi connectivity index (χ4v) is 7.12. The zero-order valence-electron chi connectivity index (χ0n) is 15.0. The molecule has 0 bridgehead atoms. The molecule has 136 valence electrons. The largest absolute Gasteiger partial charge is 0.369 e. The summed E-state index contributed by atoms with van der Waals surface area (Å²) in [5, 5.41) is 0. The van der Waals surface area contributed by atoms with Crippen molar-refractivity contribution >= 4 is 21.4 Å². The molecule has 1 saturated heterocycles. The molecule has 0 aromatic heterocycles. The maximum Gasteiger partial charge on any atom is 0.194 e. The van der Waals surface area contributed by atoms with Gasteiger partial charge in [0.25, 0.3) is 0 Å². The zero-order valence-corrected chi connectivity index (χ0v) is 15.9. The third kappa shape index (κ3) is 2.49. The molecule has 0 radical (unpaired) electrons. The van der Waals surface area contributed by atoms with Crippen LogP contribution in [0.4, 0.5) is 0 Å². The summed E-state index contributed by atoms with van der Waals surface area (Å²) in [5.74, 6) is -0.422. The smallest absolute Gasteiger partial charge is 0.194 e. The number of benzene rings is 1. The second kappa shape index (κ2) is 5.48. The number of sulfone groups is 1. The molecule has 0 spiro atoms. The first-order valence-corrected chi connectivity index (χ1v) is 9.95. The second-order valence-corrected chi connectivity index (χ2v) is 10.4. The number of ketones is 2. The Kier molecular flexibility index (Phi) is 4.01. The number of carbonyl (C=O) groups excluding carboxylic acids is 2. The highest BCUT2D eigenvalue weighted by Gasteiger charge is 2.70. The Bertz CT molecular complexity index is 823. The van der Waals surface area contributed by atoms with Gasteiger partial charge in [-0.25, -0.2) is 8.42 Å². The van der Waals surface area contributed by atoms with E-state index < -0.39 is 31.7 Å². The van der Waals surface area contributed by atoms with Crippen LogP contribution in [0.25, 0.3) is 0 Å². The molecule has 6 heteroatoms. The number of Topliss-reactive ketones (excluding diaryl/α,β-unsaturated/α-hetero) is 2. The summed E-state index contributed by atoms with van der Waals surface area (Å²) < 4.78 is 31.6. The standard InChI is InChI=1S/C19H24O5S/c1-17(2)11-13(20)10-16-19(17,15(21)12-18(3,4)24-16)25(22,23)14-8-6-5-7-9-14/h5-9,16H,10-12H2,1-4H3/t16?,19-/m0/s1. The van der Waals surface area contributed by atoms with E-state index in [1.54, 1.807) is 45.9 Å². The maximum atomic E-state index is 13.7. The van der Waals surface area contributed by atoms with Crippen LogP contribution in [0.5, 0.6) is 0 Å². The SMILES string of the molecule is CC1(C)CC(=O)[C@]2(S(=O)(=O)c3ccccc3)C(CC(=O)CC2(C)C)O1. The van der Waals surface area contributed by atoms with Crippen molar-refractivity contribution in [3.8, 4) is 0 Å². The number of ether oxygens (including phenoxy) is 1. The lowest BCUT2D eigenvalue weighted by Gasteiger charge is -2.56.